The van der Waals surface area contributed by atoms with Crippen molar-refractivity contribution in [1.82, 2.24) is 0 Å². The van der Waals surface area contributed by atoms with Crippen molar-refractivity contribution < 1.29 is 9.90 Å². The first-order valence-corrected chi connectivity index (χ1v) is 6.66. The van der Waals surface area contributed by atoms with Crippen molar-refractivity contribution in [2.24, 2.45) is 5.41 Å². The Morgan fingerprint density at radius 1 is 1.21 bits per heavy atom. The van der Waals surface area contributed by atoms with Gasteiger partial charge in [0.25, 0.3) is 0 Å². The molecule has 19 heavy (non-hydrogen) atoms. The number of nitrogens with zero attached hydrogens (tertiary/aromatic N) is 1. The summed E-state index contributed by atoms with van der Waals surface area (Å²) in [6.07, 6.45) is 3.37. The van der Waals surface area contributed by atoms with Crippen molar-refractivity contribution in [3.8, 4) is 0 Å². The molecule has 1 aromatic rings. The second-order valence-electron chi connectivity index (χ2n) is 6.03. The van der Waals surface area contributed by atoms with Gasteiger partial charge in [-0.25, -0.2) is 4.79 Å². The molecule has 1 aliphatic rings. The van der Waals surface area contributed by atoms with Crippen LogP contribution in [0.4, 0.5) is 5.69 Å². The van der Waals surface area contributed by atoms with Crippen LogP contribution in [-0.4, -0.2) is 24.2 Å². The van der Waals surface area contributed by atoms with Crippen LogP contribution in [0.3, 0.4) is 0 Å². The van der Waals surface area contributed by atoms with Crippen LogP contribution in [0.15, 0.2) is 35.9 Å². The maximum Gasteiger partial charge on any atom is 0.335 e. The number of anilines is 1. The average molecular weight is 259 g/mol. The van der Waals surface area contributed by atoms with Gasteiger partial charge in [0.1, 0.15) is 0 Å². The maximum atomic E-state index is 10.8. The fraction of sp³-hybridized carbons (Fsp3) is 0.438. The molecule has 0 fully saturated rings. The fourth-order valence-electron chi connectivity index (χ4n) is 2.40. The molecule has 0 amide bonds. The standard InChI is InChI=1S/C16H21NO2/c1-16(2,3)13-8-10-17(11-9-13)14-6-4-12(5-7-14)15(18)19/h4-8H,9-11H2,1-3H3,(H,18,19). The topological polar surface area (TPSA) is 40.5 Å². The van der Waals surface area contributed by atoms with Crippen LogP contribution in [-0.2, 0) is 0 Å². The fourth-order valence-corrected chi connectivity index (χ4v) is 2.40. The first-order valence-electron chi connectivity index (χ1n) is 6.66. The third kappa shape index (κ3) is 3.16. The van der Waals surface area contributed by atoms with E-state index in [0.29, 0.717) is 5.56 Å². The van der Waals surface area contributed by atoms with Gasteiger partial charge >= 0.3 is 5.97 Å². The second kappa shape index (κ2) is 5.08. The number of carboxylic acids is 1. The first kappa shape index (κ1) is 13.7. The third-order valence-electron chi connectivity index (χ3n) is 3.65. The van der Waals surface area contributed by atoms with Crippen LogP contribution in [0, 0.1) is 5.41 Å². The Labute approximate surface area is 114 Å². The smallest absolute Gasteiger partial charge is 0.335 e. The van der Waals surface area contributed by atoms with Crippen LogP contribution in [0.1, 0.15) is 37.6 Å². The molecule has 0 aromatic heterocycles. The van der Waals surface area contributed by atoms with Crippen LogP contribution in [0.2, 0.25) is 0 Å². The number of aromatic carboxylic acids is 1. The SMILES string of the molecule is CC(C)(C)C1=CCN(c2ccc(C(=O)O)cc2)CC1. The lowest BCUT2D eigenvalue weighted by Gasteiger charge is -2.33. The summed E-state index contributed by atoms with van der Waals surface area (Å²) in [4.78, 5) is 13.1. The zero-order chi connectivity index (χ0) is 14.0. The quantitative estimate of drug-likeness (QED) is 0.825. The van der Waals surface area contributed by atoms with Gasteiger partial charge in [-0.05, 0) is 36.1 Å². The van der Waals surface area contributed by atoms with E-state index in [9.17, 15) is 4.79 Å². The first-order chi connectivity index (χ1) is 8.88. The number of hydrogen-bond acceptors (Lipinski definition) is 2. The normalized spacial score (nSPS) is 16.2. The van der Waals surface area contributed by atoms with Gasteiger partial charge in [-0.2, -0.15) is 0 Å². The van der Waals surface area contributed by atoms with E-state index in [4.69, 9.17) is 5.11 Å². The third-order valence-corrected chi connectivity index (χ3v) is 3.65. The van der Waals surface area contributed by atoms with Crippen molar-refractivity contribution >= 4 is 11.7 Å². The number of carboxylic acid groups (broad SMARTS) is 1. The van der Waals surface area contributed by atoms with Crippen LogP contribution >= 0.6 is 0 Å². The summed E-state index contributed by atoms with van der Waals surface area (Å²) < 4.78 is 0. The molecular formula is C16H21NO2. The number of benzene rings is 1. The lowest BCUT2D eigenvalue weighted by Crippen LogP contribution is -2.31. The average Bonchev–Trinajstić information content (AvgIpc) is 2.38. The predicted molar refractivity (Wildman–Crippen MR) is 77.8 cm³/mol. The minimum atomic E-state index is -0.875. The lowest BCUT2D eigenvalue weighted by molar-refractivity contribution is 0.0697. The molecule has 0 saturated heterocycles. The van der Waals surface area contributed by atoms with E-state index < -0.39 is 5.97 Å². The summed E-state index contributed by atoms with van der Waals surface area (Å²) in [5.74, 6) is -0.875. The summed E-state index contributed by atoms with van der Waals surface area (Å²) in [5.41, 5.74) is 3.19. The Bertz CT molecular complexity index is 494. The Balaban J connectivity index is 2.09. The largest absolute Gasteiger partial charge is 0.478 e. The van der Waals surface area contributed by atoms with Crippen molar-refractivity contribution in [2.45, 2.75) is 27.2 Å². The molecule has 2 rings (SSSR count). The van der Waals surface area contributed by atoms with Gasteiger partial charge in [-0.3, -0.25) is 0 Å². The molecule has 3 heteroatoms. The van der Waals surface area contributed by atoms with E-state index in [-0.39, 0.29) is 5.41 Å². The Kier molecular flexibility index (Phi) is 3.65. The van der Waals surface area contributed by atoms with E-state index in [2.05, 4.69) is 31.7 Å². The Morgan fingerprint density at radius 2 is 1.84 bits per heavy atom. The van der Waals surface area contributed by atoms with E-state index in [1.165, 1.54) is 5.57 Å². The molecule has 102 valence electrons. The van der Waals surface area contributed by atoms with E-state index in [1.54, 1.807) is 12.1 Å². The highest BCUT2D eigenvalue weighted by atomic mass is 16.4. The van der Waals surface area contributed by atoms with Crippen LogP contribution in [0.25, 0.3) is 0 Å². The van der Waals surface area contributed by atoms with Crippen molar-refractivity contribution in [2.75, 3.05) is 18.0 Å². The van der Waals surface area contributed by atoms with Gasteiger partial charge in [-0.15, -0.1) is 0 Å². The lowest BCUT2D eigenvalue weighted by atomic mass is 9.83. The van der Waals surface area contributed by atoms with Crippen molar-refractivity contribution in [3.05, 3.63) is 41.5 Å². The van der Waals surface area contributed by atoms with Gasteiger partial charge in [0.15, 0.2) is 0 Å². The van der Waals surface area contributed by atoms with Crippen LogP contribution < -0.4 is 4.90 Å². The van der Waals surface area contributed by atoms with Gasteiger partial charge in [0, 0.05) is 18.8 Å². The highest BCUT2D eigenvalue weighted by Gasteiger charge is 2.21. The molecule has 0 unspecified atom stereocenters. The number of carbonyl (C=O) groups is 1. The highest BCUT2D eigenvalue weighted by molar-refractivity contribution is 5.88. The monoisotopic (exact) mass is 259 g/mol. The number of rotatable bonds is 2. The predicted octanol–water partition coefficient (Wildman–Crippen LogP) is 3.57. The van der Waals surface area contributed by atoms with Gasteiger partial charge < -0.3 is 10.0 Å². The molecule has 1 aromatic carbocycles. The van der Waals surface area contributed by atoms with Crippen molar-refractivity contribution in [1.29, 1.82) is 0 Å². The minimum absolute atomic E-state index is 0.249. The summed E-state index contributed by atoms with van der Waals surface area (Å²) in [5, 5.41) is 8.89. The minimum Gasteiger partial charge on any atom is -0.478 e. The maximum absolute atomic E-state index is 10.8. The second-order valence-corrected chi connectivity index (χ2v) is 6.03. The highest BCUT2D eigenvalue weighted by Crippen LogP contribution is 2.31. The summed E-state index contributed by atoms with van der Waals surface area (Å²) in [7, 11) is 0. The van der Waals surface area contributed by atoms with Crippen molar-refractivity contribution in [3.63, 3.8) is 0 Å². The molecule has 0 aliphatic carbocycles. The summed E-state index contributed by atoms with van der Waals surface area (Å²) in [6, 6.07) is 7.11. The molecule has 3 nitrogen and oxygen atoms in total. The van der Waals surface area contributed by atoms with Crippen LogP contribution in [0.5, 0.6) is 0 Å². The zero-order valence-corrected chi connectivity index (χ0v) is 11.8. The van der Waals surface area contributed by atoms with Gasteiger partial charge in [0.05, 0.1) is 5.56 Å². The summed E-state index contributed by atoms with van der Waals surface area (Å²) in [6.45, 7) is 8.64. The molecule has 1 N–H and O–H groups in total. The van der Waals surface area contributed by atoms with E-state index >= 15 is 0 Å². The molecule has 0 spiro atoms. The Morgan fingerprint density at radius 3 is 2.26 bits per heavy atom. The van der Waals surface area contributed by atoms with Gasteiger partial charge in [0.2, 0.25) is 0 Å². The molecule has 0 bridgehead atoms. The molecule has 1 heterocycles. The number of hydrogen-bond donors (Lipinski definition) is 1. The van der Waals surface area contributed by atoms with E-state index in [0.717, 1.165) is 25.2 Å². The molecular weight excluding hydrogens is 238 g/mol. The molecule has 0 atom stereocenters. The van der Waals surface area contributed by atoms with E-state index in [1.807, 2.05) is 12.1 Å². The molecule has 1 aliphatic heterocycles. The Hall–Kier alpha value is -1.77. The molecule has 0 saturated carbocycles. The zero-order valence-electron chi connectivity index (χ0n) is 11.8. The summed E-state index contributed by atoms with van der Waals surface area (Å²) >= 11 is 0. The van der Waals surface area contributed by atoms with Gasteiger partial charge in [-0.1, -0.05) is 32.4 Å². The molecule has 0 radical (unpaired) electrons.